The number of morpholine rings is 1. The van der Waals surface area contributed by atoms with E-state index in [1.807, 2.05) is 5.38 Å². The van der Waals surface area contributed by atoms with Crippen molar-refractivity contribution in [3.8, 4) is 17.2 Å². The van der Waals surface area contributed by atoms with Gasteiger partial charge in [-0.15, -0.1) is 11.3 Å². The van der Waals surface area contributed by atoms with E-state index in [-0.39, 0.29) is 24.5 Å². The Bertz CT molecular complexity index is 837. The Morgan fingerprint density at radius 2 is 1.80 bits per heavy atom. The van der Waals surface area contributed by atoms with E-state index in [2.05, 4.69) is 29.0 Å². The van der Waals surface area contributed by atoms with Crippen molar-refractivity contribution in [1.29, 1.82) is 0 Å². The van der Waals surface area contributed by atoms with Gasteiger partial charge in [0.15, 0.2) is 16.6 Å². The van der Waals surface area contributed by atoms with Gasteiger partial charge in [0, 0.05) is 25.0 Å². The zero-order valence-corrected chi connectivity index (χ0v) is 18.9. The van der Waals surface area contributed by atoms with Gasteiger partial charge in [0.25, 0.3) is 0 Å². The van der Waals surface area contributed by atoms with Crippen LogP contribution >= 0.6 is 11.3 Å². The summed E-state index contributed by atoms with van der Waals surface area (Å²) in [5, 5.41) is 5.46. The van der Waals surface area contributed by atoms with Gasteiger partial charge >= 0.3 is 0 Å². The Morgan fingerprint density at radius 3 is 2.37 bits per heavy atom. The average Bonchev–Trinajstić information content (AvgIpc) is 3.12. The Labute approximate surface area is 181 Å². The zero-order chi connectivity index (χ0) is 21.7. The molecule has 1 saturated heterocycles. The van der Waals surface area contributed by atoms with Crippen LogP contribution in [0.15, 0.2) is 17.5 Å². The topological polar surface area (TPSA) is 82.2 Å². The number of carbonyl (C=O) groups excluding carboxylic acids is 1. The summed E-state index contributed by atoms with van der Waals surface area (Å²) >= 11 is 1.43. The number of methoxy groups -OCH3 is 3. The smallest absolute Gasteiger partial charge is 0.230 e. The maximum Gasteiger partial charge on any atom is 0.230 e. The van der Waals surface area contributed by atoms with E-state index < -0.39 is 0 Å². The third-order valence-corrected chi connectivity index (χ3v) is 5.57. The minimum atomic E-state index is -0.154. The second-order valence-corrected chi connectivity index (χ2v) is 8.21. The molecule has 1 aliphatic heterocycles. The highest BCUT2D eigenvalue weighted by molar-refractivity contribution is 7.13. The van der Waals surface area contributed by atoms with Gasteiger partial charge < -0.3 is 24.3 Å². The second-order valence-electron chi connectivity index (χ2n) is 7.35. The lowest BCUT2D eigenvalue weighted by atomic mass is 10.1. The first-order valence-corrected chi connectivity index (χ1v) is 10.7. The zero-order valence-electron chi connectivity index (χ0n) is 18.1. The van der Waals surface area contributed by atoms with Crippen molar-refractivity contribution in [1.82, 2.24) is 9.88 Å². The third kappa shape index (κ3) is 5.62. The number of benzene rings is 1. The van der Waals surface area contributed by atoms with Crippen molar-refractivity contribution in [3.63, 3.8) is 0 Å². The van der Waals surface area contributed by atoms with E-state index in [4.69, 9.17) is 18.9 Å². The molecule has 1 aromatic carbocycles. The third-order valence-electron chi connectivity index (χ3n) is 4.77. The first kappa shape index (κ1) is 22.3. The summed E-state index contributed by atoms with van der Waals surface area (Å²) in [7, 11) is 4.65. The maximum absolute atomic E-state index is 12.5. The van der Waals surface area contributed by atoms with E-state index in [0.29, 0.717) is 22.4 Å². The number of nitrogens with one attached hydrogen (secondary N) is 1. The van der Waals surface area contributed by atoms with Gasteiger partial charge in [-0.05, 0) is 31.5 Å². The Hall–Kier alpha value is -2.36. The number of thiazole rings is 1. The molecule has 1 amide bonds. The molecule has 2 heterocycles. The van der Waals surface area contributed by atoms with E-state index in [1.165, 1.54) is 11.3 Å². The van der Waals surface area contributed by atoms with Crippen LogP contribution < -0.4 is 19.5 Å². The van der Waals surface area contributed by atoms with Gasteiger partial charge in [-0.2, -0.15) is 0 Å². The molecular weight excluding hydrogens is 406 g/mol. The summed E-state index contributed by atoms with van der Waals surface area (Å²) in [4.78, 5) is 19.4. The molecule has 0 bridgehead atoms. The largest absolute Gasteiger partial charge is 0.493 e. The lowest BCUT2D eigenvalue weighted by Gasteiger charge is -2.34. The SMILES string of the molecule is COc1cc(CC(=O)Nc2nc(CN3C[C@H](C)O[C@@H](C)C3)cs2)cc(OC)c1OC. The van der Waals surface area contributed by atoms with E-state index in [0.717, 1.165) is 30.9 Å². The maximum atomic E-state index is 12.5. The number of amides is 1. The van der Waals surface area contributed by atoms with Crippen LogP contribution in [0.3, 0.4) is 0 Å². The van der Waals surface area contributed by atoms with Gasteiger partial charge in [-0.1, -0.05) is 0 Å². The fraction of sp³-hybridized carbons (Fsp3) is 0.524. The minimum Gasteiger partial charge on any atom is -0.493 e. The fourth-order valence-electron chi connectivity index (χ4n) is 3.67. The number of ether oxygens (including phenoxy) is 4. The van der Waals surface area contributed by atoms with E-state index >= 15 is 0 Å². The van der Waals surface area contributed by atoms with E-state index in [9.17, 15) is 4.79 Å². The lowest BCUT2D eigenvalue weighted by molar-refractivity contribution is -0.115. The molecule has 9 heteroatoms. The predicted molar refractivity (Wildman–Crippen MR) is 116 cm³/mol. The Morgan fingerprint density at radius 1 is 1.17 bits per heavy atom. The van der Waals surface area contributed by atoms with Crippen molar-refractivity contribution in [2.75, 3.05) is 39.7 Å². The number of hydrogen-bond acceptors (Lipinski definition) is 8. The molecule has 1 aromatic heterocycles. The van der Waals surface area contributed by atoms with Crippen molar-refractivity contribution in [3.05, 3.63) is 28.8 Å². The Kier molecular flexibility index (Phi) is 7.52. The quantitative estimate of drug-likeness (QED) is 0.683. The van der Waals surface area contributed by atoms with Crippen molar-refractivity contribution >= 4 is 22.4 Å². The minimum absolute atomic E-state index is 0.154. The molecule has 1 N–H and O–H groups in total. The predicted octanol–water partition coefficient (Wildman–Crippen LogP) is 2.96. The summed E-state index contributed by atoms with van der Waals surface area (Å²) in [5.41, 5.74) is 1.71. The molecule has 2 atom stereocenters. The summed E-state index contributed by atoms with van der Waals surface area (Å²) in [5.74, 6) is 1.38. The summed E-state index contributed by atoms with van der Waals surface area (Å²) < 4.78 is 21.8. The van der Waals surface area contributed by atoms with Gasteiger partial charge in [0.1, 0.15) is 0 Å². The highest BCUT2D eigenvalue weighted by Crippen LogP contribution is 2.38. The summed E-state index contributed by atoms with van der Waals surface area (Å²) in [6.07, 6.45) is 0.597. The molecule has 0 saturated carbocycles. The first-order chi connectivity index (χ1) is 14.4. The molecule has 0 aliphatic carbocycles. The van der Waals surface area contributed by atoms with Crippen LogP contribution in [0.25, 0.3) is 0 Å². The first-order valence-electron chi connectivity index (χ1n) is 9.82. The average molecular weight is 436 g/mol. The monoisotopic (exact) mass is 435 g/mol. The lowest BCUT2D eigenvalue weighted by Crippen LogP contribution is -2.44. The number of hydrogen-bond donors (Lipinski definition) is 1. The second kappa shape index (κ2) is 10.1. The summed E-state index contributed by atoms with van der Waals surface area (Å²) in [6, 6.07) is 3.55. The molecular formula is C21H29N3O5S. The molecule has 1 fully saturated rings. The van der Waals surface area contributed by atoms with Gasteiger partial charge in [-0.25, -0.2) is 4.98 Å². The van der Waals surface area contributed by atoms with Crippen LogP contribution in [0.2, 0.25) is 0 Å². The van der Waals surface area contributed by atoms with Gasteiger partial charge in [0.2, 0.25) is 11.7 Å². The molecule has 164 valence electrons. The van der Waals surface area contributed by atoms with Crippen LogP contribution in [0.5, 0.6) is 17.2 Å². The van der Waals surface area contributed by atoms with E-state index in [1.54, 1.807) is 33.5 Å². The number of nitrogens with zero attached hydrogens (tertiary/aromatic N) is 2. The van der Waals surface area contributed by atoms with Crippen molar-refractivity contribution < 1.29 is 23.7 Å². The molecule has 30 heavy (non-hydrogen) atoms. The molecule has 2 aromatic rings. The standard InChI is InChI=1S/C21H29N3O5S/c1-13-9-24(10-14(2)29-13)11-16-12-30-21(22-16)23-19(25)8-15-6-17(26-3)20(28-5)18(7-15)27-4/h6-7,12-14H,8-11H2,1-5H3,(H,22,23,25)/t13-,14-/m0/s1. The van der Waals surface area contributed by atoms with Gasteiger partial charge in [0.05, 0.1) is 45.7 Å². The van der Waals surface area contributed by atoms with Crippen LogP contribution in [0, 0.1) is 0 Å². The summed E-state index contributed by atoms with van der Waals surface area (Å²) in [6.45, 7) is 6.67. The van der Waals surface area contributed by atoms with Crippen LogP contribution in [0.4, 0.5) is 5.13 Å². The molecule has 1 aliphatic rings. The van der Waals surface area contributed by atoms with Crippen LogP contribution in [-0.4, -0.2) is 62.4 Å². The fourth-order valence-corrected chi connectivity index (χ4v) is 4.38. The number of carbonyl (C=O) groups is 1. The number of rotatable bonds is 8. The highest BCUT2D eigenvalue weighted by Gasteiger charge is 2.23. The normalized spacial score (nSPS) is 19.4. The molecule has 0 unspecified atom stereocenters. The Balaban J connectivity index is 1.61. The molecule has 0 spiro atoms. The number of anilines is 1. The molecule has 3 rings (SSSR count). The number of aromatic nitrogens is 1. The highest BCUT2D eigenvalue weighted by atomic mass is 32.1. The van der Waals surface area contributed by atoms with Crippen LogP contribution in [0.1, 0.15) is 25.1 Å². The molecule has 8 nitrogen and oxygen atoms in total. The van der Waals surface area contributed by atoms with Crippen LogP contribution in [-0.2, 0) is 22.5 Å². The van der Waals surface area contributed by atoms with Crippen molar-refractivity contribution in [2.45, 2.75) is 39.0 Å². The van der Waals surface area contributed by atoms with Gasteiger partial charge in [-0.3, -0.25) is 9.69 Å². The molecule has 0 radical (unpaired) electrons. The van der Waals surface area contributed by atoms with Crippen molar-refractivity contribution in [2.24, 2.45) is 0 Å².